The number of carbonyl (C=O) groups excluding carboxylic acids is 1. The second-order valence-corrected chi connectivity index (χ2v) is 5.21. The van der Waals surface area contributed by atoms with E-state index in [0.717, 1.165) is 0 Å². The zero-order valence-corrected chi connectivity index (χ0v) is 14.2. The van der Waals surface area contributed by atoms with Gasteiger partial charge in [0, 0.05) is 11.1 Å². The van der Waals surface area contributed by atoms with Crippen molar-refractivity contribution in [1.29, 1.82) is 5.26 Å². The smallest absolute Gasteiger partial charge is 0.211 e. The van der Waals surface area contributed by atoms with Crippen molar-refractivity contribution >= 4 is 17.7 Å². The van der Waals surface area contributed by atoms with Gasteiger partial charge in [-0.3, -0.25) is 4.79 Å². The number of ether oxygens (including phenoxy) is 1. The number of nitrogens with one attached hydrogen (secondary N) is 1. The Hall–Kier alpha value is -3.46. The Bertz CT molecular complexity index is 928. The van der Waals surface area contributed by atoms with Gasteiger partial charge in [-0.25, -0.2) is 8.78 Å². The largest absolute Gasteiger partial charge is 0.494 e. The van der Waals surface area contributed by atoms with Crippen LogP contribution >= 0.6 is 0 Å². The van der Waals surface area contributed by atoms with Crippen molar-refractivity contribution in [2.24, 2.45) is 0 Å². The Balaban J connectivity index is 2.71. The van der Waals surface area contributed by atoms with Gasteiger partial charge in [0.1, 0.15) is 11.9 Å². The minimum atomic E-state index is -0.682. The highest BCUT2D eigenvalue weighted by atomic mass is 19.1. The molecule has 1 amide bonds. The van der Waals surface area contributed by atoms with Gasteiger partial charge in [0.25, 0.3) is 0 Å². The number of halogens is 2. The van der Waals surface area contributed by atoms with Gasteiger partial charge in [-0.1, -0.05) is 18.2 Å². The first-order valence-corrected chi connectivity index (χ1v) is 7.66. The summed E-state index contributed by atoms with van der Waals surface area (Å²) in [5.41, 5.74) is 1.48. The molecule has 2 aromatic rings. The van der Waals surface area contributed by atoms with Gasteiger partial charge >= 0.3 is 0 Å². The summed E-state index contributed by atoms with van der Waals surface area (Å²) in [6.45, 7) is 1.76. The standard InChI is InChI=1S/C20H16F2N2O2/c1-3-4-16(13-5-6-15(11-23)17(21)9-13)20(24-12-25)14-7-8-19(26-2)18(22)10-14/h3-10,12H,1-2H3,(H,24,25)/b4-3-,20-16+. The lowest BCUT2D eigenvalue weighted by molar-refractivity contribution is -0.108. The molecule has 132 valence electrons. The van der Waals surface area contributed by atoms with Crippen LogP contribution in [0.3, 0.4) is 0 Å². The second kappa shape index (κ2) is 8.58. The molecule has 0 aliphatic carbocycles. The van der Waals surface area contributed by atoms with Crippen LogP contribution in [0.1, 0.15) is 23.6 Å². The molecule has 0 aromatic heterocycles. The lowest BCUT2D eigenvalue weighted by Gasteiger charge is -2.14. The topological polar surface area (TPSA) is 62.1 Å². The molecule has 2 aromatic carbocycles. The number of nitrogens with zero attached hydrogens (tertiary/aromatic N) is 1. The molecule has 0 spiro atoms. The van der Waals surface area contributed by atoms with Gasteiger partial charge in [-0.2, -0.15) is 5.26 Å². The highest BCUT2D eigenvalue weighted by Crippen LogP contribution is 2.29. The van der Waals surface area contributed by atoms with E-state index in [9.17, 15) is 13.6 Å². The van der Waals surface area contributed by atoms with Crippen LogP contribution < -0.4 is 10.1 Å². The predicted octanol–water partition coefficient (Wildman–Crippen LogP) is 4.04. The van der Waals surface area contributed by atoms with E-state index < -0.39 is 11.6 Å². The van der Waals surface area contributed by atoms with Gasteiger partial charge in [0.2, 0.25) is 6.41 Å². The summed E-state index contributed by atoms with van der Waals surface area (Å²) in [5.74, 6) is -1.21. The summed E-state index contributed by atoms with van der Waals surface area (Å²) < 4.78 is 33.0. The lowest BCUT2D eigenvalue weighted by Crippen LogP contribution is -2.12. The third-order valence-corrected chi connectivity index (χ3v) is 3.65. The van der Waals surface area contributed by atoms with Crippen molar-refractivity contribution in [3.8, 4) is 11.8 Å². The number of amides is 1. The zero-order valence-electron chi connectivity index (χ0n) is 14.2. The van der Waals surface area contributed by atoms with Gasteiger partial charge in [0.15, 0.2) is 11.6 Å². The Morgan fingerprint density at radius 2 is 1.85 bits per heavy atom. The summed E-state index contributed by atoms with van der Waals surface area (Å²) in [7, 11) is 1.35. The molecule has 1 N–H and O–H groups in total. The third-order valence-electron chi connectivity index (χ3n) is 3.65. The van der Waals surface area contributed by atoms with Crippen LogP contribution in [0.4, 0.5) is 8.78 Å². The fourth-order valence-corrected chi connectivity index (χ4v) is 2.46. The first-order valence-electron chi connectivity index (χ1n) is 7.66. The molecule has 0 aliphatic rings. The molecule has 0 atom stereocenters. The summed E-state index contributed by atoms with van der Waals surface area (Å²) in [6.07, 6.45) is 3.83. The maximum Gasteiger partial charge on any atom is 0.211 e. The van der Waals surface area contributed by atoms with Crippen LogP contribution in [-0.4, -0.2) is 13.5 Å². The van der Waals surface area contributed by atoms with Crippen LogP contribution in [0, 0.1) is 23.0 Å². The molecule has 0 aliphatic heterocycles. The number of rotatable bonds is 6. The maximum atomic E-state index is 14.1. The number of benzene rings is 2. The predicted molar refractivity (Wildman–Crippen MR) is 94.9 cm³/mol. The minimum absolute atomic E-state index is 0.0659. The third kappa shape index (κ3) is 3.95. The van der Waals surface area contributed by atoms with Gasteiger partial charge < -0.3 is 10.1 Å². The molecule has 6 heteroatoms. The SMILES string of the molecule is C/C=C\C(=C(/NC=O)c1ccc(OC)c(F)c1)c1ccc(C#N)c(F)c1. The number of allylic oxidation sites excluding steroid dienone is 3. The highest BCUT2D eigenvalue weighted by Gasteiger charge is 2.14. The summed E-state index contributed by atoms with van der Waals surface area (Å²) in [6, 6.07) is 10.1. The van der Waals surface area contributed by atoms with Crippen molar-refractivity contribution < 1.29 is 18.3 Å². The molecular weight excluding hydrogens is 338 g/mol. The van der Waals surface area contributed by atoms with Crippen LogP contribution in [0.2, 0.25) is 0 Å². The van der Waals surface area contributed by atoms with E-state index in [1.165, 1.54) is 31.4 Å². The molecule has 0 radical (unpaired) electrons. The first kappa shape index (κ1) is 18.9. The lowest BCUT2D eigenvalue weighted by atomic mass is 9.97. The van der Waals surface area contributed by atoms with Crippen LogP contribution in [-0.2, 0) is 4.79 Å². The number of methoxy groups -OCH3 is 1. The Labute approximate surface area is 150 Å². The first-order chi connectivity index (χ1) is 12.5. The van der Waals surface area contributed by atoms with Gasteiger partial charge in [-0.05, 0) is 42.8 Å². The van der Waals surface area contributed by atoms with E-state index >= 15 is 0 Å². The van der Waals surface area contributed by atoms with Gasteiger partial charge in [-0.15, -0.1) is 0 Å². The molecule has 0 unspecified atom stereocenters. The van der Waals surface area contributed by atoms with E-state index in [0.29, 0.717) is 28.8 Å². The van der Waals surface area contributed by atoms with E-state index in [-0.39, 0.29) is 11.3 Å². The number of hydrogen-bond donors (Lipinski definition) is 1. The molecule has 0 bridgehead atoms. The highest BCUT2D eigenvalue weighted by molar-refractivity contribution is 5.97. The maximum absolute atomic E-state index is 14.1. The molecule has 4 nitrogen and oxygen atoms in total. The molecule has 26 heavy (non-hydrogen) atoms. The van der Waals surface area contributed by atoms with Crippen LogP contribution in [0.5, 0.6) is 5.75 Å². The quantitative estimate of drug-likeness (QED) is 0.484. The normalized spacial score (nSPS) is 11.7. The Morgan fingerprint density at radius 3 is 2.38 bits per heavy atom. The minimum Gasteiger partial charge on any atom is -0.494 e. The molecule has 0 saturated carbocycles. The summed E-state index contributed by atoms with van der Waals surface area (Å²) in [4.78, 5) is 11.1. The zero-order chi connectivity index (χ0) is 19.1. The number of carbonyl (C=O) groups is 1. The van der Waals surface area contributed by atoms with Crippen molar-refractivity contribution in [1.82, 2.24) is 5.32 Å². The van der Waals surface area contributed by atoms with Crippen molar-refractivity contribution in [2.75, 3.05) is 7.11 Å². The van der Waals surface area contributed by atoms with Crippen LogP contribution in [0.15, 0.2) is 48.6 Å². The fraction of sp³-hybridized carbons (Fsp3) is 0.100. The van der Waals surface area contributed by atoms with Gasteiger partial charge in [0.05, 0.1) is 18.4 Å². The van der Waals surface area contributed by atoms with Crippen molar-refractivity contribution in [3.63, 3.8) is 0 Å². The molecule has 2 rings (SSSR count). The number of hydrogen-bond acceptors (Lipinski definition) is 3. The van der Waals surface area contributed by atoms with E-state index in [1.807, 2.05) is 0 Å². The fourth-order valence-electron chi connectivity index (χ4n) is 2.46. The van der Waals surface area contributed by atoms with Crippen molar-refractivity contribution in [3.05, 3.63) is 76.9 Å². The molecule has 0 heterocycles. The Kier molecular flexibility index (Phi) is 6.23. The van der Waals surface area contributed by atoms with Crippen molar-refractivity contribution in [2.45, 2.75) is 6.92 Å². The average molecular weight is 354 g/mol. The molecule has 0 saturated heterocycles. The Morgan fingerprint density at radius 1 is 1.15 bits per heavy atom. The molecule has 0 fully saturated rings. The average Bonchev–Trinajstić information content (AvgIpc) is 2.64. The second-order valence-electron chi connectivity index (χ2n) is 5.21. The van der Waals surface area contributed by atoms with E-state index in [1.54, 1.807) is 37.3 Å². The van der Waals surface area contributed by atoms with E-state index in [2.05, 4.69) is 5.32 Å². The van der Waals surface area contributed by atoms with E-state index in [4.69, 9.17) is 10.00 Å². The monoisotopic (exact) mass is 354 g/mol. The molecular formula is C20H16F2N2O2. The summed E-state index contributed by atoms with van der Waals surface area (Å²) >= 11 is 0. The number of nitriles is 1. The summed E-state index contributed by atoms with van der Waals surface area (Å²) in [5, 5.41) is 11.4. The van der Waals surface area contributed by atoms with Crippen LogP contribution in [0.25, 0.3) is 11.3 Å².